The summed E-state index contributed by atoms with van der Waals surface area (Å²) in [5.74, 6) is -0.0167. The normalized spacial score (nSPS) is 17.0. The molecule has 0 bridgehead atoms. The van der Waals surface area contributed by atoms with Gasteiger partial charge < -0.3 is 14.2 Å². The van der Waals surface area contributed by atoms with Crippen LogP contribution in [0.15, 0.2) is 47.4 Å². The zero-order valence-corrected chi connectivity index (χ0v) is 14.8. The third kappa shape index (κ3) is 3.66. The monoisotopic (exact) mass is 340 g/mol. The first-order valence-electron chi connectivity index (χ1n) is 8.67. The second-order valence-electron chi connectivity index (χ2n) is 6.46. The van der Waals surface area contributed by atoms with E-state index < -0.39 is 0 Å². The fourth-order valence-electron chi connectivity index (χ4n) is 3.48. The van der Waals surface area contributed by atoms with Crippen molar-refractivity contribution in [3.63, 3.8) is 0 Å². The summed E-state index contributed by atoms with van der Waals surface area (Å²) in [5, 5.41) is 0. The van der Waals surface area contributed by atoms with Gasteiger partial charge in [-0.1, -0.05) is 24.3 Å². The first kappa shape index (κ1) is 17.4. The van der Waals surface area contributed by atoms with Crippen LogP contribution < -0.4 is 5.56 Å². The van der Waals surface area contributed by atoms with Crippen LogP contribution in [0, 0.1) is 6.92 Å². The van der Waals surface area contributed by atoms with E-state index in [2.05, 4.69) is 19.1 Å². The summed E-state index contributed by atoms with van der Waals surface area (Å²) in [7, 11) is 1.59. The third-order valence-electron chi connectivity index (χ3n) is 4.83. The van der Waals surface area contributed by atoms with Crippen LogP contribution in [0.5, 0.6) is 0 Å². The number of hydrogen-bond acceptors (Lipinski definition) is 3. The van der Waals surface area contributed by atoms with E-state index >= 15 is 0 Å². The summed E-state index contributed by atoms with van der Waals surface area (Å²) in [4.78, 5) is 26.9. The molecule has 5 heteroatoms. The number of aryl methyl sites for hydroxylation is 1. The number of aromatic nitrogens is 1. The standard InChI is InChI=1S/C20H24N2O3/c1-15-6-3-4-7-17(15)18-8-5-11-22(18)20(24)16-9-10-19(23)21(14-16)12-13-25-2/h3-4,6-7,9-10,14,18H,5,8,11-13H2,1-2H3/t18-/m0/s1. The minimum Gasteiger partial charge on any atom is -0.383 e. The van der Waals surface area contributed by atoms with E-state index in [1.807, 2.05) is 17.0 Å². The molecule has 25 heavy (non-hydrogen) atoms. The van der Waals surface area contributed by atoms with Crippen LogP contribution >= 0.6 is 0 Å². The fraction of sp³-hybridized carbons (Fsp3) is 0.400. The summed E-state index contributed by atoms with van der Waals surface area (Å²) in [6.07, 6.45) is 3.62. The zero-order valence-electron chi connectivity index (χ0n) is 14.8. The van der Waals surface area contributed by atoms with Crippen molar-refractivity contribution in [3.8, 4) is 0 Å². The molecule has 1 aliphatic heterocycles. The topological polar surface area (TPSA) is 51.5 Å². The number of amides is 1. The average Bonchev–Trinajstić information content (AvgIpc) is 3.10. The molecule has 1 atom stereocenters. The van der Waals surface area contributed by atoms with Crippen LogP contribution in [0.2, 0.25) is 0 Å². The summed E-state index contributed by atoms with van der Waals surface area (Å²) < 4.78 is 6.57. The van der Waals surface area contributed by atoms with E-state index in [1.54, 1.807) is 19.4 Å². The van der Waals surface area contributed by atoms with Gasteiger partial charge in [-0.05, 0) is 37.0 Å². The lowest BCUT2D eigenvalue weighted by Crippen LogP contribution is -2.32. The molecule has 1 fully saturated rings. The number of pyridine rings is 1. The second-order valence-corrected chi connectivity index (χ2v) is 6.46. The number of hydrogen-bond donors (Lipinski definition) is 0. The summed E-state index contributed by atoms with van der Waals surface area (Å²) in [5.41, 5.74) is 2.85. The average molecular weight is 340 g/mol. The highest BCUT2D eigenvalue weighted by atomic mass is 16.5. The molecule has 0 spiro atoms. The minimum absolute atomic E-state index is 0.0167. The van der Waals surface area contributed by atoms with E-state index in [1.165, 1.54) is 21.8 Å². The van der Waals surface area contributed by atoms with Gasteiger partial charge in [0.15, 0.2) is 0 Å². The lowest BCUT2D eigenvalue weighted by atomic mass is 9.99. The highest BCUT2D eigenvalue weighted by Crippen LogP contribution is 2.34. The van der Waals surface area contributed by atoms with Gasteiger partial charge in [0.05, 0.1) is 18.2 Å². The van der Waals surface area contributed by atoms with Crippen LogP contribution in [0.4, 0.5) is 0 Å². The van der Waals surface area contributed by atoms with Crippen LogP contribution in [0.1, 0.15) is 40.4 Å². The van der Waals surface area contributed by atoms with Gasteiger partial charge in [0.25, 0.3) is 11.5 Å². The second kappa shape index (κ2) is 7.66. The molecule has 1 aromatic carbocycles. The molecule has 0 N–H and O–H groups in total. The maximum atomic E-state index is 13.1. The van der Waals surface area contributed by atoms with E-state index in [4.69, 9.17) is 4.74 Å². The Morgan fingerprint density at radius 3 is 2.80 bits per heavy atom. The lowest BCUT2D eigenvalue weighted by Gasteiger charge is -2.26. The lowest BCUT2D eigenvalue weighted by molar-refractivity contribution is 0.0734. The van der Waals surface area contributed by atoms with Crippen LogP contribution in [-0.4, -0.2) is 35.6 Å². The molecule has 0 radical (unpaired) electrons. The Labute approximate surface area is 147 Å². The molecule has 0 unspecified atom stereocenters. The van der Waals surface area contributed by atoms with Gasteiger partial charge in [-0.15, -0.1) is 0 Å². The molecule has 0 aliphatic carbocycles. The highest BCUT2D eigenvalue weighted by molar-refractivity contribution is 5.94. The first-order valence-corrected chi connectivity index (χ1v) is 8.67. The van der Waals surface area contributed by atoms with Crippen molar-refractivity contribution < 1.29 is 9.53 Å². The smallest absolute Gasteiger partial charge is 0.255 e. The Kier molecular flexibility index (Phi) is 5.34. The number of ether oxygens (including phenoxy) is 1. The van der Waals surface area contributed by atoms with Gasteiger partial charge in [0, 0.05) is 32.5 Å². The Morgan fingerprint density at radius 1 is 1.24 bits per heavy atom. The van der Waals surface area contributed by atoms with Gasteiger partial charge in [0.2, 0.25) is 0 Å². The molecule has 5 nitrogen and oxygen atoms in total. The maximum Gasteiger partial charge on any atom is 0.255 e. The van der Waals surface area contributed by atoms with E-state index in [-0.39, 0.29) is 17.5 Å². The number of rotatable bonds is 5. The van der Waals surface area contributed by atoms with Crippen molar-refractivity contribution in [1.82, 2.24) is 9.47 Å². The van der Waals surface area contributed by atoms with Crippen molar-refractivity contribution in [1.29, 1.82) is 0 Å². The number of nitrogens with zero attached hydrogens (tertiary/aromatic N) is 2. The zero-order chi connectivity index (χ0) is 17.8. The molecule has 1 saturated heterocycles. The Balaban J connectivity index is 1.87. The quantitative estimate of drug-likeness (QED) is 0.841. The SMILES string of the molecule is COCCn1cc(C(=O)N2CCC[C@H]2c2ccccc2C)ccc1=O. The summed E-state index contributed by atoms with van der Waals surface area (Å²) in [6, 6.07) is 11.4. The molecular weight excluding hydrogens is 316 g/mol. The number of benzene rings is 1. The fourth-order valence-corrected chi connectivity index (χ4v) is 3.48. The maximum absolute atomic E-state index is 13.1. The molecule has 1 amide bonds. The van der Waals surface area contributed by atoms with Gasteiger partial charge in [0.1, 0.15) is 0 Å². The predicted molar refractivity (Wildman–Crippen MR) is 96.8 cm³/mol. The van der Waals surface area contributed by atoms with Crippen molar-refractivity contribution in [2.24, 2.45) is 0 Å². The van der Waals surface area contributed by atoms with E-state index in [0.717, 1.165) is 19.4 Å². The Morgan fingerprint density at radius 2 is 2.04 bits per heavy atom. The van der Waals surface area contributed by atoms with Crippen LogP contribution in [0.3, 0.4) is 0 Å². The molecule has 0 saturated carbocycles. The van der Waals surface area contributed by atoms with Crippen molar-refractivity contribution in [2.75, 3.05) is 20.3 Å². The van der Waals surface area contributed by atoms with Crippen molar-refractivity contribution >= 4 is 5.91 Å². The summed E-state index contributed by atoms with van der Waals surface area (Å²) >= 11 is 0. The highest BCUT2D eigenvalue weighted by Gasteiger charge is 2.31. The molecule has 3 rings (SSSR count). The Hall–Kier alpha value is -2.40. The van der Waals surface area contributed by atoms with Crippen molar-refractivity contribution in [2.45, 2.75) is 32.4 Å². The molecule has 1 aromatic heterocycles. The van der Waals surface area contributed by atoms with E-state index in [9.17, 15) is 9.59 Å². The molecular formula is C20H24N2O3. The number of methoxy groups -OCH3 is 1. The first-order chi connectivity index (χ1) is 12.1. The number of carbonyl (C=O) groups is 1. The molecule has 2 heterocycles. The van der Waals surface area contributed by atoms with Gasteiger partial charge in [-0.2, -0.15) is 0 Å². The molecule has 132 valence electrons. The molecule has 2 aromatic rings. The van der Waals surface area contributed by atoms with Gasteiger partial charge in [-0.25, -0.2) is 0 Å². The third-order valence-corrected chi connectivity index (χ3v) is 4.83. The van der Waals surface area contributed by atoms with Crippen LogP contribution in [-0.2, 0) is 11.3 Å². The van der Waals surface area contributed by atoms with Gasteiger partial charge >= 0.3 is 0 Å². The van der Waals surface area contributed by atoms with Crippen molar-refractivity contribution in [3.05, 3.63) is 69.6 Å². The summed E-state index contributed by atoms with van der Waals surface area (Å²) in [6.45, 7) is 3.71. The Bertz CT molecular complexity index is 813. The largest absolute Gasteiger partial charge is 0.383 e. The van der Waals surface area contributed by atoms with Crippen LogP contribution in [0.25, 0.3) is 0 Å². The van der Waals surface area contributed by atoms with Gasteiger partial charge in [-0.3, -0.25) is 9.59 Å². The molecule has 1 aliphatic rings. The number of carbonyl (C=O) groups excluding carboxylic acids is 1. The minimum atomic E-state index is -0.120. The van der Waals surface area contributed by atoms with E-state index in [0.29, 0.717) is 18.7 Å². The predicted octanol–water partition coefficient (Wildman–Crippen LogP) is 2.78. The number of likely N-dealkylation sites (tertiary alicyclic amines) is 1.